The van der Waals surface area contributed by atoms with Crippen LogP contribution in [0.3, 0.4) is 0 Å². The Bertz CT molecular complexity index is 71.5. The van der Waals surface area contributed by atoms with Gasteiger partial charge in [-0.15, -0.1) is 0 Å². The van der Waals surface area contributed by atoms with E-state index < -0.39 is 5.97 Å². The molecular weight excluding hydrogens is 120 g/mol. The minimum Gasteiger partial charge on any atom is -1.00 e. The first kappa shape index (κ1) is 11.1. The third-order valence-electron chi connectivity index (χ3n) is 0.549. The zero-order valence-electron chi connectivity index (χ0n) is 6.63. The number of hydrogen-bond acceptors (Lipinski definition) is 2. The number of aliphatic hydroxyl groups is 1. The monoisotopic (exact) mass is 130 g/mol. The second-order valence-electron chi connectivity index (χ2n) is 1.22. The molecule has 2 N–H and O–H groups in total. The summed E-state index contributed by atoms with van der Waals surface area (Å²) in [4.78, 5) is 9.65. The van der Waals surface area contributed by atoms with Crippen molar-refractivity contribution >= 4 is 29.0 Å². The van der Waals surface area contributed by atoms with Crippen LogP contribution in [0.25, 0.3) is 0 Å². The molecule has 0 heterocycles. The number of rotatable bonds is 3. The number of carboxylic acids is 1. The number of hydrogen-bond donors (Lipinski definition) is 2. The molecule has 0 aromatic rings. The molecule has 0 fully saturated rings. The Kier molecular flexibility index (Phi) is 9.94. The normalized spacial score (nSPS) is 7.62. The molecule has 0 aliphatic heterocycles. The summed E-state index contributed by atoms with van der Waals surface area (Å²) >= 11 is 0. The van der Waals surface area contributed by atoms with Crippen LogP contribution in [-0.2, 0) is 4.79 Å². The van der Waals surface area contributed by atoms with Gasteiger partial charge in [-0.05, 0) is 6.42 Å². The number of carboxylic acid groups (broad SMARTS) is 1. The molecule has 0 aromatic carbocycles. The first-order chi connectivity index (χ1) is 3.27. The number of aliphatic hydroxyl groups excluding tert-OH is 1. The molecule has 0 aliphatic carbocycles. The molecule has 3 nitrogen and oxygen atoms in total. The van der Waals surface area contributed by atoms with Gasteiger partial charge in [0.15, 0.2) is 0 Å². The summed E-state index contributed by atoms with van der Waals surface area (Å²) in [6.07, 6.45) is 0.422. The first-order valence-corrected chi connectivity index (χ1v) is 2.10. The summed E-state index contributed by atoms with van der Waals surface area (Å²) in [5.74, 6) is -0.853. The largest absolute Gasteiger partial charge is 2.00 e. The summed E-state index contributed by atoms with van der Waals surface area (Å²) in [6.45, 7) is -0.0354. The molecule has 0 atom stereocenters. The van der Waals surface area contributed by atoms with Gasteiger partial charge in [0.05, 0.1) is 0 Å². The Labute approximate surface area is 66.8 Å². The molecule has 0 saturated heterocycles. The Hall–Kier alpha value is 0.196. The van der Waals surface area contributed by atoms with Crippen molar-refractivity contribution < 1.29 is 17.9 Å². The molecule has 0 radical (unpaired) electrons. The van der Waals surface area contributed by atoms with Gasteiger partial charge in [-0.2, -0.15) is 0 Å². The Morgan fingerprint density at radius 2 is 2.12 bits per heavy atom. The zero-order valence-corrected chi connectivity index (χ0v) is 6.05. The number of carbonyl (C=O) groups is 1. The van der Waals surface area contributed by atoms with Gasteiger partial charge in [0.1, 0.15) is 0 Å². The van der Waals surface area contributed by atoms with Crippen molar-refractivity contribution in [2.24, 2.45) is 0 Å². The Morgan fingerprint density at radius 3 is 2.25 bits per heavy atom. The molecule has 4 heteroatoms. The summed E-state index contributed by atoms with van der Waals surface area (Å²) in [7, 11) is 0. The molecule has 0 unspecified atom stereocenters. The molecule has 0 saturated carbocycles. The predicted molar refractivity (Wildman–Crippen MR) is 31.9 cm³/mol. The molecule has 8 heavy (non-hydrogen) atoms. The van der Waals surface area contributed by atoms with E-state index in [1.54, 1.807) is 0 Å². The second kappa shape index (κ2) is 7.20. The quantitative estimate of drug-likeness (QED) is 0.515. The minimum atomic E-state index is -0.853. The van der Waals surface area contributed by atoms with Crippen LogP contribution in [-0.4, -0.2) is 45.8 Å². The van der Waals surface area contributed by atoms with Crippen LogP contribution in [0, 0.1) is 0 Å². The molecule has 0 amide bonds. The molecule has 46 valence electrons. The molecule has 0 aliphatic rings. The fourth-order valence-electron chi connectivity index (χ4n) is 0.230. The van der Waals surface area contributed by atoms with Crippen LogP contribution in [0.4, 0.5) is 0 Å². The number of aliphatic carboxylic acids is 1. The topological polar surface area (TPSA) is 57.5 Å². The molecule has 0 aromatic heterocycles. The summed E-state index contributed by atoms with van der Waals surface area (Å²) in [6, 6.07) is 0. The van der Waals surface area contributed by atoms with Gasteiger partial charge in [-0.3, -0.25) is 4.79 Å². The van der Waals surface area contributed by atoms with Gasteiger partial charge >= 0.3 is 29.0 Å². The van der Waals surface area contributed by atoms with Crippen LogP contribution in [0.1, 0.15) is 15.7 Å². The van der Waals surface area contributed by atoms with Crippen molar-refractivity contribution in [2.45, 2.75) is 12.8 Å². The van der Waals surface area contributed by atoms with Crippen LogP contribution in [0.15, 0.2) is 0 Å². The zero-order chi connectivity index (χ0) is 5.70. The van der Waals surface area contributed by atoms with Crippen LogP contribution in [0.5, 0.6) is 0 Å². The van der Waals surface area contributed by atoms with Crippen LogP contribution >= 0.6 is 0 Å². The standard InChI is InChI=1S/C4H8O3.Mg.2H/c5-3-1-2-4(6)7;;;/h5H,1-3H2,(H,6,7);;;/q;+2;2*-1. The van der Waals surface area contributed by atoms with E-state index in [1.165, 1.54) is 0 Å². The Balaban J connectivity index is -0.0000000600. The summed E-state index contributed by atoms with van der Waals surface area (Å²) < 4.78 is 0. The SMILES string of the molecule is O=C(O)CCCO.[H-].[H-].[Mg+2]. The van der Waals surface area contributed by atoms with E-state index in [-0.39, 0.29) is 38.9 Å². The van der Waals surface area contributed by atoms with Crippen molar-refractivity contribution in [1.29, 1.82) is 0 Å². The summed E-state index contributed by atoms with van der Waals surface area (Å²) in [5, 5.41) is 16.0. The average Bonchev–Trinajstić information content (AvgIpc) is 1.61. The van der Waals surface area contributed by atoms with E-state index in [0.29, 0.717) is 6.42 Å². The van der Waals surface area contributed by atoms with Gasteiger partial charge < -0.3 is 13.1 Å². The maximum Gasteiger partial charge on any atom is 2.00 e. The van der Waals surface area contributed by atoms with Crippen molar-refractivity contribution in [1.82, 2.24) is 0 Å². The van der Waals surface area contributed by atoms with Crippen molar-refractivity contribution in [3.63, 3.8) is 0 Å². The van der Waals surface area contributed by atoms with Gasteiger partial charge in [0, 0.05) is 13.0 Å². The molecular formula is C4H10MgO3. The fraction of sp³-hybridized carbons (Fsp3) is 0.750. The maximum atomic E-state index is 9.65. The average molecular weight is 130 g/mol. The minimum absolute atomic E-state index is 0. The third-order valence-corrected chi connectivity index (χ3v) is 0.549. The van der Waals surface area contributed by atoms with E-state index in [0.717, 1.165) is 0 Å². The van der Waals surface area contributed by atoms with E-state index in [2.05, 4.69) is 0 Å². The third kappa shape index (κ3) is 9.50. The van der Waals surface area contributed by atoms with E-state index in [1.807, 2.05) is 0 Å². The van der Waals surface area contributed by atoms with Gasteiger partial charge in [0.2, 0.25) is 0 Å². The summed E-state index contributed by atoms with van der Waals surface area (Å²) in [5.41, 5.74) is 0. The van der Waals surface area contributed by atoms with Gasteiger partial charge in [-0.25, -0.2) is 0 Å². The van der Waals surface area contributed by atoms with E-state index in [9.17, 15) is 4.79 Å². The molecule has 0 spiro atoms. The molecule has 0 bridgehead atoms. The maximum absolute atomic E-state index is 9.65. The van der Waals surface area contributed by atoms with Crippen molar-refractivity contribution in [2.75, 3.05) is 6.61 Å². The first-order valence-electron chi connectivity index (χ1n) is 2.10. The van der Waals surface area contributed by atoms with Crippen molar-refractivity contribution in [3.8, 4) is 0 Å². The van der Waals surface area contributed by atoms with Crippen molar-refractivity contribution in [3.05, 3.63) is 0 Å². The van der Waals surface area contributed by atoms with Crippen LogP contribution in [0.2, 0.25) is 0 Å². The van der Waals surface area contributed by atoms with E-state index in [4.69, 9.17) is 10.2 Å². The van der Waals surface area contributed by atoms with Gasteiger partial charge in [-0.1, -0.05) is 0 Å². The fourth-order valence-corrected chi connectivity index (χ4v) is 0.230. The van der Waals surface area contributed by atoms with Crippen LogP contribution < -0.4 is 0 Å². The predicted octanol–water partition coefficient (Wildman–Crippen LogP) is -0.312. The van der Waals surface area contributed by atoms with E-state index >= 15 is 0 Å². The Morgan fingerprint density at radius 1 is 1.62 bits per heavy atom. The second-order valence-corrected chi connectivity index (χ2v) is 1.22. The molecule has 0 rings (SSSR count). The van der Waals surface area contributed by atoms with Gasteiger partial charge in [0.25, 0.3) is 0 Å². The smallest absolute Gasteiger partial charge is 1.00 e.